The molecule has 0 saturated carbocycles. The first-order valence-corrected chi connectivity index (χ1v) is 13.1. The molecular weight excluding hydrogens is 697 g/mol. The average Bonchev–Trinajstić information content (AvgIpc) is 3.00. The summed E-state index contributed by atoms with van der Waals surface area (Å²) in [6.45, 7) is -1.79. The minimum atomic E-state index is -8.71. The van der Waals surface area contributed by atoms with Crippen molar-refractivity contribution < 1.29 is 74.6 Å². The van der Waals surface area contributed by atoms with Crippen LogP contribution in [0.25, 0.3) is 6.08 Å². The second-order valence-electron chi connectivity index (χ2n) is 10.3. The number of nitrogens with zero attached hydrogens (tertiary/aromatic N) is 1. The summed E-state index contributed by atoms with van der Waals surface area (Å²) < 4.78 is 241. The van der Waals surface area contributed by atoms with Crippen molar-refractivity contribution in [1.82, 2.24) is 4.90 Å². The summed E-state index contributed by atoms with van der Waals surface area (Å²) in [6, 6.07) is 18.3. The van der Waals surface area contributed by atoms with E-state index in [2.05, 4.69) is 0 Å². The smallest absolute Gasteiger partial charge is 0.361 e. The Bertz CT molecular complexity index is 1490. The van der Waals surface area contributed by atoms with Crippen molar-refractivity contribution in [2.45, 2.75) is 60.7 Å². The van der Waals surface area contributed by atoms with Gasteiger partial charge in [0.2, 0.25) is 0 Å². The topological polar surface area (TPSA) is 3.24 Å². The van der Waals surface area contributed by atoms with Gasteiger partial charge in [-0.1, -0.05) is 91.0 Å². The Hall–Kier alpha value is -3.99. The molecule has 0 atom stereocenters. The van der Waals surface area contributed by atoms with Gasteiger partial charge in [0.1, 0.15) is 0 Å². The maximum absolute atomic E-state index is 15.9. The summed E-state index contributed by atoms with van der Waals surface area (Å²) >= 11 is 0. The molecule has 48 heavy (non-hydrogen) atoms. The zero-order chi connectivity index (χ0) is 36.6. The third-order valence-corrected chi connectivity index (χ3v) is 6.92. The largest absolute Gasteiger partial charge is 0.460 e. The first-order chi connectivity index (χ1) is 21.8. The molecule has 3 aromatic rings. The zero-order valence-corrected chi connectivity index (χ0v) is 23.5. The van der Waals surface area contributed by atoms with Crippen LogP contribution in [0.1, 0.15) is 16.7 Å². The molecule has 0 amide bonds. The molecule has 1 nitrogen and oxygen atoms in total. The standard InChI is InChI=1S/C30H20F17N/c31-23(32,24(33,34)25(35,36)26(37,38)27(39,40)28(41,42)29(43,44)30(45,46)47)22(16-19-10-4-1-5-11-19)48(17-20-12-6-2-7-13-20)18-21-14-8-3-9-15-21/h1-16H,17-18H2/b22-16+. The highest BCUT2D eigenvalue weighted by molar-refractivity contribution is 5.55. The van der Waals surface area contributed by atoms with Crippen LogP contribution in [0.3, 0.4) is 0 Å². The highest BCUT2D eigenvalue weighted by Crippen LogP contribution is 2.64. The molecule has 264 valence electrons. The molecule has 0 aliphatic heterocycles. The molecule has 0 unspecified atom stereocenters. The number of allylic oxidation sites excluding steroid dienone is 1. The number of halogens is 17. The minimum Gasteiger partial charge on any atom is -0.361 e. The highest BCUT2D eigenvalue weighted by Gasteiger charge is 2.95. The van der Waals surface area contributed by atoms with Crippen LogP contribution in [-0.4, -0.2) is 52.5 Å². The summed E-state index contributed by atoms with van der Waals surface area (Å²) in [6.07, 6.45) is -7.75. The van der Waals surface area contributed by atoms with Gasteiger partial charge >= 0.3 is 47.6 Å². The van der Waals surface area contributed by atoms with Gasteiger partial charge in [-0.3, -0.25) is 0 Å². The van der Waals surface area contributed by atoms with Crippen molar-refractivity contribution in [3.63, 3.8) is 0 Å². The Morgan fingerprint density at radius 2 is 0.729 bits per heavy atom. The summed E-state index contributed by atoms with van der Waals surface area (Å²) in [7, 11) is 0. The zero-order valence-electron chi connectivity index (χ0n) is 23.5. The van der Waals surface area contributed by atoms with E-state index in [0.717, 1.165) is 24.3 Å². The van der Waals surface area contributed by atoms with Crippen molar-refractivity contribution in [3.8, 4) is 0 Å². The average molecular weight is 717 g/mol. The first kappa shape index (κ1) is 38.5. The second kappa shape index (κ2) is 12.8. The van der Waals surface area contributed by atoms with Crippen LogP contribution >= 0.6 is 0 Å². The number of hydrogen-bond donors (Lipinski definition) is 0. The van der Waals surface area contributed by atoms with E-state index >= 15 is 17.6 Å². The maximum Gasteiger partial charge on any atom is 0.460 e. The second-order valence-corrected chi connectivity index (χ2v) is 10.3. The van der Waals surface area contributed by atoms with Crippen molar-refractivity contribution >= 4 is 6.08 Å². The number of benzene rings is 3. The lowest BCUT2D eigenvalue weighted by atomic mass is 9.87. The van der Waals surface area contributed by atoms with Crippen LogP contribution in [-0.2, 0) is 13.1 Å². The Kier molecular flexibility index (Phi) is 10.3. The van der Waals surface area contributed by atoms with Gasteiger partial charge in [0.05, 0.1) is 5.70 Å². The van der Waals surface area contributed by atoms with E-state index in [4.69, 9.17) is 0 Å². The Labute approximate surface area is 260 Å². The van der Waals surface area contributed by atoms with Crippen LogP contribution < -0.4 is 0 Å². The van der Waals surface area contributed by atoms with E-state index in [0.29, 0.717) is 0 Å². The molecule has 18 heteroatoms. The summed E-state index contributed by atoms with van der Waals surface area (Å²) in [5.74, 6) is -57.3. The Balaban J connectivity index is 2.28. The van der Waals surface area contributed by atoms with Crippen molar-refractivity contribution in [3.05, 3.63) is 113 Å². The van der Waals surface area contributed by atoms with E-state index in [9.17, 15) is 57.1 Å². The van der Waals surface area contributed by atoms with Gasteiger partial charge in [-0.2, -0.15) is 74.6 Å². The Morgan fingerprint density at radius 3 is 1.08 bits per heavy atom. The molecule has 0 aromatic heterocycles. The lowest BCUT2D eigenvalue weighted by Crippen LogP contribution is -2.74. The molecule has 0 heterocycles. The predicted octanol–water partition coefficient (Wildman–Crippen LogP) is 10.7. The molecule has 0 aliphatic rings. The normalized spacial score (nSPS) is 14.6. The SMILES string of the molecule is FC(F)(F)C(F)(F)C(F)(F)C(F)(F)C(F)(F)C(F)(F)C(F)(F)C(F)(F)/C(=C\c1ccccc1)N(Cc1ccccc1)Cc1ccccc1. The van der Waals surface area contributed by atoms with E-state index in [1.165, 1.54) is 66.7 Å². The molecule has 3 rings (SSSR count). The van der Waals surface area contributed by atoms with E-state index in [-0.39, 0.29) is 22.1 Å². The van der Waals surface area contributed by atoms with Crippen molar-refractivity contribution in [1.29, 1.82) is 0 Å². The lowest BCUT2D eigenvalue weighted by Gasteiger charge is -2.44. The van der Waals surface area contributed by atoms with Crippen LogP contribution in [0, 0.1) is 0 Å². The van der Waals surface area contributed by atoms with Gasteiger partial charge < -0.3 is 4.90 Å². The molecule has 0 saturated heterocycles. The molecule has 0 fully saturated rings. The van der Waals surface area contributed by atoms with Gasteiger partial charge in [-0.25, -0.2) is 0 Å². The van der Waals surface area contributed by atoms with Gasteiger partial charge in [-0.15, -0.1) is 0 Å². The molecule has 0 aliphatic carbocycles. The minimum absolute atomic E-state index is 0.00385. The highest BCUT2D eigenvalue weighted by atomic mass is 19.4. The quantitative estimate of drug-likeness (QED) is 0.159. The molecule has 3 aromatic carbocycles. The van der Waals surface area contributed by atoms with Crippen LogP contribution in [0.5, 0.6) is 0 Å². The third kappa shape index (κ3) is 6.41. The molecule has 0 N–H and O–H groups in total. The molecule has 0 radical (unpaired) electrons. The predicted molar refractivity (Wildman–Crippen MR) is 137 cm³/mol. The fraction of sp³-hybridized carbons (Fsp3) is 0.333. The number of alkyl halides is 17. The molecule has 0 spiro atoms. The third-order valence-electron chi connectivity index (χ3n) is 6.92. The van der Waals surface area contributed by atoms with Gasteiger partial charge in [0.15, 0.2) is 0 Å². The fourth-order valence-corrected chi connectivity index (χ4v) is 4.25. The van der Waals surface area contributed by atoms with Crippen molar-refractivity contribution in [2.24, 2.45) is 0 Å². The first-order valence-electron chi connectivity index (χ1n) is 13.1. The maximum atomic E-state index is 15.9. The summed E-state index contributed by atoms with van der Waals surface area (Å²) in [4.78, 5) is 0.240. The van der Waals surface area contributed by atoms with Crippen LogP contribution in [0.15, 0.2) is 96.7 Å². The van der Waals surface area contributed by atoms with Gasteiger partial charge in [-0.05, 0) is 22.8 Å². The molecule has 0 bridgehead atoms. The van der Waals surface area contributed by atoms with E-state index in [1.807, 2.05) is 0 Å². The summed E-state index contributed by atoms with van der Waals surface area (Å²) in [5, 5.41) is 0. The van der Waals surface area contributed by atoms with E-state index in [1.54, 1.807) is 0 Å². The van der Waals surface area contributed by atoms with Crippen molar-refractivity contribution in [2.75, 3.05) is 0 Å². The number of hydrogen-bond acceptors (Lipinski definition) is 1. The van der Waals surface area contributed by atoms with Crippen LogP contribution in [0.2, 0.25) is 0 Å². The van der Waals surface area contributed by atoms with Crippen LogP contribution in [0.4, 0.5) is 74.6 Å². The van der Waals surface area contributed by atoms with Gasteiger partial charge in [0, 0.05) is 13.1 Å². The lowest BCUT2D eigenvalue weighted by molar-refractivity contribution is -0.460. The Morgan fingerprint density at radius 1 is 0.417 bits per heavy atom. The van der Waals surface area contributed by atoms with E-state index < -0.39 is 72.0 Å². The fourth-order valence-electron chi connectivity index (χ4n) is 4.25. The molecular formula is C30H20F17N. The monoisotopic (exact) mass is 717 g/mol. The van der Waals surface area contributed by atoms with Gasteiger partial charge in [0.25, 0.3) is 0 Å². The summed E-state index contributed by atoms with van der Waals surface area (Å²) in [5.41, 5.74) is -2.77. The number of rotatable bonds is 13.